The topological polar surface area (TPSA) is 57.4 Å². The van der Waals surface area contributed by atoms with Crippen LogP contribution >= 0.6 is 0 Å². The lowest BCUT2D eigenvalue weighted by Gasteiger charge is -2.32. The maximum Gasteiger partial charge on any atom is 0.272 e. The second-order valence-electron chi connectivity index (χ2n) is 6.29. The van der Waals surface area contributed by atoms with E-state index in [1.807, 2.05) is 37.2 Å². The molecular formula is C17H23N3O2. The number of hydrogen-bond acceptors (Lipinski definition) is 5. The Balaban J connectivity index is 2.04. The molecule has 0 aromatic heterocycles. The molecule has 0 amide bonds. The van der Waals surface area contributed by atoms with Gasteiger partial charge in [-0.2, -0.15) is 0 Å². The van der Waals surface area contributed by atoms with Crippen molar-refractivity contribution in [2.45, 2.75) is 43.9 Å². The predicted molar refractivity (Wildman–Crippen MR) is 87.0 cm³/mol. The molecule has 1 aromatic carbocycles. The van der Waals surface area contributed by atoms with Gasteiger partial charge in [-0.15, -0.1) is 0 Å². The highest BCUT2D eigenvalue weighted by molar-refractivity contribution is 6.02. The molecule has 5 nitrogen and oxygen atoms in total. The van der Waals surface area contributed by atoms with E-state index in [2.05, 4.69) is 24.2 Å². The smallest absolute Gasteiger partial charge is 0.272 e. The summed E-state index contributed by atoms with van der Waals surface area (Å²) in [6.45, 7) is 2.10. The zero-order valence-electron chi connectivity index (χ0n) is 13.4. The molecule has 0 unspecified atom stereocenters. The van der Waals surface area contributed by atoms with Crippen LogP contribution in [0.4, 0.5) is 0 Å². The van der Waals surface area contributed by atoms with Gasteiger partial charge in [0.1, 0.15) is 5.84 Å². The van der Waals surface area contributed by atoms with Gasteiger partial charge in [-0.3, -0.25) is 4.99 Å². The molecule has 2 heterocycles. The zero-order valence-corrected chi connectivity index (χ0v) is 13.4. The largest absolute Gasteiger partial charge is 0.366 e. The minimum absolute atomic E-state index is 0.365. The molecule has 0 bridgehead atoms. The standard InChI is InChI=1S/C17H23N3O2/c1-4-8-14-16(11-13-9-6-5-7-10-13)17(21,22-19-14)12-15(18-16)20(2)3/h5-7,9-10,21H,4,8,11-12H2,1-3H3/t16-,17+/m1/s1. The summed E-state index contributed by atoms with van der Waals surface area (Å²) < 4.78 is 0. The van der Waals surface area contributed by atoms with Crippen LogP contribution in [0.5, 0.6) is 0 Å². The highest BCUT2D eigenvalue weighted by Gasteiger charge is 2.64. The van der Waals surface area contributed by atoms with Gasteiger partial charge in [-0.05, 0) is 12.0 Å². The van der Waals surface area contributed by atoms with E-state index in [0.29, 0.717) is 12.8 Å². The van der Waals surface area contributed by atoms with Gasteiger partial charge in [0.05, 0.1) is 12.1 Å². The summed E-state index contributed by atoms with van der Waals surface area (Å²) in [6.07, 6.45) is 2.69. The van der Waals surface area contributed by atoms with Gasteiger partial charge in [0.15, 0.2) is 5.54 Å². The molecule has 3 rings (SSSR count). The fourth-order valence-corrected chi connectivity index (χ4v) is 3.23. The normalized spacial score (nSPS) is 29.6. The Morgan fingerprint density at radius 2 is 2.00 bits per heavy atom. The lowest BCUT2D eigenvalue weighted by molar-refractivity contribution is -0.202. The number of benzene rings is 1. The van der Waals surface area contributed by atoms with Crippen molar-refractivity contribution in [2.24, 2.45) is 10.1 Å². The summed E-state index contributed by atoms with van der Waals surface area (Å²) in [5, 5.41) is 15.3. The highest BCUT2D eigenvalue weighted by atomic mass is 16.7. The number of amidine groups is 1. The molecule has 2 aliphatic heterocycles. The monoisotopic (exact) mass is 301 g/mol. The fourth-order valence-electron chi connectivity index (χ4n) is 3.23. The van der Waals surface area contributed by atoms with Crippen LogP contribution in [0.1, 0.15) is 31.7 Å². The van der Waals surface area contributed by atoms with Gasteiger partial charge in [-0.1, -0.05) is 48.8 Å². The van der Waals surface area contributed by atoms with Crippen LogP contribution in [0.15, 0.2) is 40.5 Å². The molecule has 0 saturated carbocycles. The van der Waals surface area contributed by atoms with E-state index in [1.54, 1.807) is 0 Å². The van der Waals surface area contributed by atoms with Gasteiger partial charge < -0.3 is 14.8 Å². The van der Waals surface area contributed by atoms with E-state index < -0.39 is 11.3 Å². The maximum atomic E-state index is 11.1. The van der Waals surface area contributed by atoms with E-state index in [0.717, 1.165) is 30.0 Å². The molecular weight excluding hydrogens is 278 g/mol. The number of hydrogen-bond donors (Lipinski definition) is 1. The fraction of sp³-hybridized carbons (Fsp3) is 0.529. The van der Waals surface area contributed by atoms with Crippen molar-refractivity contribution >= 4 is 11.5 Å². The quantitative estimate of drug-likeness (QED) is 0.927. The number of aliphatic hydroxyl groups is 1. The van der Waals surface area contributed by atoms with Crippen LogP contribution in [0.3, 0.4) is 0 Å². The van der Waals surface area contributed by atoms with Crippen molar-refractivity contribution in [2.75, 3.05) is 14.1 Å². The molecule has 1 N–H and O–H groups in total. The summed E-state index contributed by atoms with van der Waals surface area (Å²) in [6, 6.07) is 10.1. The summed E-state index contributed by atoms with van der Waals surface area (Å²) in [7, 11) is 3.88. The van der Waals surface area contributed by atoms with Gasteiger partial charge in [-0.25, -0.2) is 0 Å². The lowest BCUT2D eigenvalue weighted by Crippen LogP contribution is -2.53. The molecule has 0 saturated heterocycles. The van der Waals surface area contributed by atoms with Crippen LogP contribution in [-0.2, 0) is 11.3 Å². The molecule has 22 heavy (non-hydrogen) atoms. The molecule has 5 heteroatoms. The Kier molecular flexibility index (Phi) is 3.68. The van der Waals surface area contributed by atoms with Crippen molar-refractivity contribution in [3.63, 3.8) is 0 Å². The number of aliphatic imine (C=N–C) groups is 1. The second kappa shape index (κ2) is 5.39. The zero-order chi connectivity index (χ0) is 15.8. The van der Waals surface area contributed by atoms with E-state index in [1.165, 1.54) is 0 Å². The molecule has 2 atom stereocenters. The predicted octanol–water partition coefficient (Wildman–Crippen LogP) is 2.21. The average molecular weight is 301 g/mol. The molecule has 0 radical (unpaired) electrons. The number of nitrogens with zero attached hydrogens (tertiary/aromatic N) is 3. The van der Waals surface area contributed by atoms with Crippen molar-refractivity contribution in [3.05, 3.63) is 35.9 Å². The Morgan fingerprint density at radius 3 is 2.64 bits per heavy atom. The van der Waals surface area contributed by atoms with Crippen LogP contribution in [0.2, 0.25) is 0 Å². The van der Waals surface area contributed by atoms with E-state index in [9.17, 15) is 5.11 Å². The number of fused-ring (bicyclic) bond motifs is 1. The third-order valence-electron chi connectivity index (χ3n) is 4.45. The molecule has 2 aliphatic rings. The Morgan fingerprint density at radius 1 is 1.27 bits per heavy atom. The molecule has 1 aromatic rings. The SMILES string of the molecule is CCCC1=NO[C@@]2(O)CC(N(C)C)=N[C@]12Cc1ccccc1. The van der Waals surface area contributed by atoms with E-state index in [-0.39, 0.29) is 0 Å². The number of rotatable bonds is 4. The first-order valence-corrected chi connectivity index (χ1v) is 7.78. The van der Waals surface area contributed by atoms with E-state index in [4.69, 9.17) is 9.83 Å². The lowest BCUT2D eigenvalue weighted by atomic mass is 9.79. The second-order valence-corrected chi connectivity index (χ2v) is 6.29. The Hall–Kier alpha value is -1.88. The van der Waals surface area contributed by atoms with Crippen LogP contribution < -0.4 is 0 Å². The first kappa shape index (κ1) is 15.0. The van der Waals surface area contributed by atoms with Crippen molar-refractivity contribution < 1.29 is 9.94 Å². The maximum absolute atomic E-state index is 11.1. The number of oxime groups is 1. The van der Waals surface area contributed by atoms with Crippen molar-refractivity contribution in [1.82, 2.24) is 4.90 Å². The summed E-state index contributed by atoms with van der Waals surface area (Å²) in [5.41, 5.74) is 1.17. The molecule has 0 fully saturated rings. The molecule has 118 valence electrons. The van der Waals surface area contributed by atoms with Gasteiger partial charge in [0.2, 0.25) is 0 Å². The third-order valence-corrected chi connectivity index (χ3v) is 4.45. The highest BCUT2D eigenvalue weighted by Crippen LogP contribution is 2.46. The molecule has 0 spiro atoms. The average Bonchev–Trinajstić information content (AvgIpc) is 2.91. The minimum atomic E-state index is -1.37. The first-order chi connectivity index (χ1) is 10.5. The van der Waals surface area contributed by atoms with E-state index >= 15 is 0 Å². The summed E-state index contributed by atoms with van der Waals surface area (Å²) >= 11 is 0. The third kappa shape index (κ3) is 2.20. The van der Waals surface area contributed by atoms with Crippen molar-refractivity contribution in [1.29, 1.82) is 0 Å². The van der Waals surface area contributed by atoms with Gasteiger partial charge in [0.25, 0.3) is 5.79 Å². The van der Waals surface area contributed by atoms with Crippen LogP contribution in [-0.4, -0.2) is 47.0 Å². The van der Waals surface area contributed by atoms with Crippen molar-refractivity contribution in [3.8, 4) is 0 Å². The Bertz CT molecular complexity index is 612. The van der Waals surface area contributed by atoms with Gasteiger partial charge >= 0.3 is 0 Å². The van der Waals surface area contributed by atoms with Crippen LogP contribution in [0, 0.1) is 0 Å². The first-order valence-electron chi connectivity index (χ1n) is 7.78. The molecule has 0 aliphatic carbocycles. The summed E-state index contributed by atoms with van der Waals surface area (Å²) in [4.78, 5) is 12.3. The van der Waals surface area contributed by atoms with Gasteiger partial charge in [0, 0.05) is 20.5 Å². The Labute approximate surface area is 131 Å². The van der Waals surface area contributed by atoms with Crippen LogP contribution in [0.25, 0.3) is 0 Å². The summed E-state index contributed by atoms with van der Waals surface area (Å²) in [5.74, 6) is -0.519. The minimum Gasteiger partial charge on any atom is -0.366 e.